The smallest absolute Gasteiger partial charge is 0.306 e. The van der Waals surface area contributed by atoms with Crippen molar-refractivity contribution >= 4 is 19.7 Å². The Morgan fingerprint density at radius 3 is 1.25 bits per heavy atom. The SMILES string of the molecule is CC/C=C/C=C/C=C/CCCCCCCCCC(=O)OC(/C=C\CCCCCCCCCCCC)C(COP(=O)([O-])OCC[N+](C)(C)C)NC(=O)CCCCCCCCCCCCCCCCCCCCCCCCC. The van der Waals surface area contributed by atoms with Gasteiger partial charge in [0, 0.05) is 12.8 Å². The molecule has 9 nitrogen and oxygen atoms in total. The maximum Gasteiger partial charge on any atom is 0.306 e. The van der Waals surface area contributed by atoms with E-state index in [0.29, 0.717) is 17.4 Å². The quantitative estimate of drug-likeness (QED) is 0.0161. The van der Waals surface area contributed by atoms with Crippen LogP contribution in [0, 0.1) is 0 Å². The second-order valence-electron chi connectivity index (χ2n) is 23.3. The number of nitrogens with zero attached hydrogens (tertiary/aromatic N) is 1. The van der Waals surface area contributed by atoms with Crippen LogP contribution in [0.3, 0.4) is 0 Å². The summed E-state index contributed by atoms with van der Waals surface area (Å²) in [5.74, 6) is -0.543. The van der Waals surface area contributed by atoms with Crippen LogP contribution in [0.2, 0.25) is 0 Å². The summed E-state index contributed by atoms with van der Waals surface area (Å²) in [6, 6.07) is -0.891. The van der Waals surface area contributed by atoms with Gasteiger partial charge in [-0.3, -0.25) is 14.2 Å². The lowest BCUT2D eigenvalue weighted by Gasteiger charge is -2.30. The van der Waals surface area contributed by atoms with E-state index in [1.165, 1.54) is 199 Å². The molecule has 0 rings (SSSR count). The molecule has 3 atom stereocenters. The van der Waals surface area contributed by atoms with Gasteiger partial charge in [0.25, 0.3) is 7.82 Å². The molecule has 0 aromatic heterocycles. The minimum Gasteiger partial charge on any atom is -0.756 e. The van der Waals surface area contributed by atoms with Crippen LogP contribution in [0.5, 0.6) is 0 Å². The van der Waals surface area contributed by atoms with Crippen molar-refractivity contribution in [1.29, 1.82) is 0 Å². The number of phosphoric acid groups is 1. The van der Waals surface area contributed by atoms with Gasteiger partial charge in [0.2, 0.25) is 5.91 Å². The Morgan fingerprint density at radius 1 is 0.474 bits per heavy atom. The fourth-order valence-corrected chi connectivity index (χ4v) is 10.3. The van der Waals surface area contributed by atoms with Crippen LogP contribution < -0.4 is 10.2 Å². The van der Waals surface area contributed by atoms with Gasteiger partial charge in [0.05, 0.1) is 33.8 Å². The molecule has 76 heavy (non-hydrogen) atoms. The van der Waals surface area contributed by atoms with Crippen molar-refractivity contribution in [3.05, 3.63) is 48.6 Å². The van der Waals surface area contributed by atoms with Crippen LogP contribution in [0.15, 0.2) is 48.6 Å². The molecular formula is C66H125N2O7P. The Morgan fingerprint density at radius 2 is 0.842 bits per heavy atom. The highest BCUT2D eigenvalue weighted by Gasteiger charge is 2.27. The molecule has 0 fully saturated rings. The van der Waals surface area contributed by atoms with Gasteiger partial charge in [-0.25, -0.2) is 0 Å². The second-order valence-corrected chi connectivity index (χ2v) is 24.7. The first-order chi connectivity index (χ1) is 36.9. The van der Waals surface area contributed by atoms with Gasteiger partial charge in [-0.05, 0) is 51.0 Å². The number of allylic oxidation sites excluding steroid dienone is 7. The van der Waals surface area contributed by atoms with Gasteiger partial charge in [-0.15, -0.1) is 0 Å². The number of amides is 1. The van der Waals surface area contributed by atoms with Gasteiger partial charge in [0.15, 0.2) is 0 Å². The average Bonchev–Trinajstić information content (AvgIpc) is 3.38. The normalized spacial score (nSPS) is 13.9. The predicted octanol–water partition coefficient (Wildman–Crippen LogP) is 19.4. The summed E-state index contributed by atoms with van der Waals surface area (Å²) in [6.07, 6.45) is 69.4. The van der Waals surface area contributed by atoms with Gasteiger partial charge < -0.3 is 28.5 Å². The van der Waals surface area contributed by atoms with E-state index < -0.39 is 20.0 Å². The number of likely N-dealkylation sites (N-methyl/N-ethyl adjacent to an activating group) is 1. The zero-order valence-electron chi connectivity index (χ0n) is 51.0. The Kier molecular flexibility index (Phi) is 54.7. The Hall–Kier alpha value is -2.03. The van der Waals surface area contributed by atoms with E-state index in [1.54, 1.807) is 0 Å². The van der Waals surface area contributed by atoms with Gasteiger partial charge >= 0.3 is 5.97 Å². The fourth-order valence-electron chi connectivity index (χ4n) is 9.58. The Bertz CT molecular complexity index is 1440. The number of nitrogens with one attached hydrogen (secondary N) is 1. The molecule has 0 saturated heterocycles. The highest BCUT2D eigenvalue weighted by Crippen LogP contribution is 2.38. The predicted molar refractivity (Wildman–Crippen MR) is 326 cm³/mol. The van der Waals surface area contributed by atoms with Gasteiger partial charge in [-0.2, -0.15) is 0 Å². The molecule has 0 aliphatic carbocycles. The highest BCUT2D eigenvalue weighted by molar-refractivity contribution is 7.45. The monoisotopic (exact) mass is 1090 g/mol. The van der Waals surface area contributed by atoms with Crippen molar-refractivity contribution < 1.29 is 37.3 Å². The first-order valence-electron chi connectivity index (χ1n) is 32.5. The molecule has 0 radical (unpaired) electrons. The van der Waals surface area contributed by atoms with E-state index in [0.717, 1.165) is 77.0 Å². The lowest BCUT2D eigenvalue weighted by Crippen LogP contribution is -2.47. The summed E-state index contributed by atoms with van der Waals surface area (Å²) < 4.78 is 30.3. The lowest BCUT2D eigenvalue weighted by molar-refractivity contribution is -0.870. The van der Waals surface area contributed by atoms with Crippen molar-refractivity contribution in [2.24, 2.45) is 0 Å². The molecule has 0 bridgehead atoms. The van der Waals surface area contributed by atoms with Crippen LogP contribution in [0.4, 0.5) is 0 Å². The maximum absolute atomic E-state index is 13.6. The number of phosphoric ester groups is 1. The molecule has 0 aromatic rings. The number of carbonyl (C=O) groups is 2. The number of quaternary nitrogens is 1. The molecule has 446 valence electrons. The van der Waals surface area contributed by atoms with Crippen molar-refractivity contribution in [2.45, 2.75) is 322 Å². The molecule has 0 spiro atoms. The second kappa shape index (κ2) is 56.3. The van der Waals surface area contributed by atoms with Crippen molar-refractivity contribution in [2.75, 3.05) is 40.9 Å². The first-order valence-corrected chi connectivity index (χ1v) is 33.9. The zero-order chi connectivity index (χ0) is 55.7. The number of rotatable bonds is 59. The summed E-state index contributed by atoms with van der Waals surface area (Å²) in [5.41, 5.74) is 0. The van der Waals surface area contributed by atoms with Crippen LogP contribution in [0.1, 0.15) is 310 Å². The van der Waals surface area contributed by atoms with Crippen LogP contribution in [-0.4, -0.2) is 69.4 Å². The largest absolute Gasteiger partial charge is 0.756 e. The van der Waals surface area contributed by atoms with E-state index in [2.05, 4.69) is 62.5 Å². The van der Waals surface area contributed by atoms with Crippen molar-refractivity contribution in [3.8, 4) is 0 Å². The number of hydrogen-bond acceptors (Lipinski definition) is 7. The summed E-state index contributed by atoms with van der Waals surface area (Å²) in [7, 11) is 1.19. The topological polar surface area (TPSA) is 114 Å². The van der Waals surface area contributed by atoms with Crippen LogP contribution >= 0.6 is 7.82 Å². The molecule has 1 amide bonds. The lowest BCUT2D eigenvalue weighted by atomic mass is 10.0. The minimum absolute atomic E-state index is 0.0232. The average molecular weight is 1090 g/mol. The Balaban J connectivity index is 5.11. The Labute approximate surface area is 471 Å². The maximum atomic E-state index is 13.6. The van der Waals surface area contributed by atoms with Crippen molar-refractivity contribution in [1.82, 2.24) is 5.32 Å². The summed E-state index contributed by atoms with van der Waals surface area (Å²) >= 11 is 0. The molecule has 3 unspecified atom stereocenters. The summed E-state index contributed by atoms with van der Waals surface area (Å²) in [5, 5.41) is 3.03. The van der Waals surface area contributed by atoms with E-state index in [4.69, 9.17) is 13.8 Å². The molecule has 0 aliphatic rings. The van der Waals surface area contributed by atoms with E-state index >= 15 is 0 Å². The molecule has 0 saturated carbocycles. The molecule has 0 heterocycles. The number of hydrogen-bond donors (Lipinski definition) is 1. The zero-order valence-corrected chi connectivity index (χ0v) is 51.9. The van der Waals surface area contributed by atoms with E-state index in [-0.39, 0.29) is 31.5 Å². The highest BCUT2D eigenvalue weighted by atomic mass is 31.2. The van der Waals surface area contributed by atoms with E-state index in [9.17, 15) is 19.0 Å². The number of ether oxygens (including phenoxy) is 1. The molecule has 10 heteroatoms. The number of carbonyl (C=O) groups excluding carboxylic acids is 2. The number of unbranched alkanes of at least 4 members (excludes halogenated alkanes) is 39. The van der Waals surface area contributed by atoms with Crippen molar-refractivity contribution in [3.63, 3.8) is 0 Å². The molecule has 0 aromatic carbocycles. The summed E-state index contributed by atoms with van der Waals surface area (Å²) in [4.78, 5) is 40.0. The third-order valence-electron chi connectivity index (χ3n) is 14.6. The molecule has 1 N–H and O–H groups in total. The summed E-state index contributed by atoms with van der Waals surface area (Å²) in [6.45, 7) is 6.74. The minimum atomic E-state index is -4.70. The molecule has 0 aliphatic heterocycles. The molecular weight excluding hydrogens is 964 g/mol. The third-order valence-corrected chi connectivity index (χ3v) is 15.5. The fraction of sp³-hybridized carbons (Fsp3) is 0.848. The third kappa shape index (κ3) is 56.7. The van der Waals surface area contributed by atoms with E-state index in [1.807, 2.05) is 33.3 Å². The first kappa shape index (κ1) is 74.0. The van der Waals surface area contributed by atoms with Crippen LogP contribution in [-0.2, 0) is 27.9 Å². The van der Waals surface area contributed by atoms with Gasteiger partial charge in [0.1, 0.15) is 19.3 Å². The van der Waals surface area contributed by atoms with Crippen LogP contribution in [0.25, 0.3) is 0 Å². The van der Waals surface area contributed by atoms with Gasteiger partial charge in [-0.1, -0.05) is 294 Å². The number of esters is 1. The standard InChI is InChI=1S/C66H125N2O7P/c1-7-10-13-16-19-22-25-28-30-31-32-33-34-35-36-37-39-40-43-46-49-52-55-58-65(69)67-63(62-74-76(71,72)73-61-60-68(4,5)6)64(57-54-51-48-45-42-27-24-21-18-15-12-9-3)75-66(70)59-56-53-50-47-44-41-38-29-26-23-20-17-14-11-8-2/h11,14,17,20,23,26,54,57,63-64H,7-10,12-13,15-16,18-19,21-22,24-25,27-53,55-56,58-62H2,1-6H3,(H-,67,69,71,72)/b14-11+,20-17+,26-23+,57-54-.